The summed E-state index contributed by atoms with van der Waals surface area (Å²) >= 11 is 3.05. The van der Waals surface area contributed by atoms with E-state index in [9.17, 15) is 14.4 Å². The molecule has 2 aromatic heterocycles. The number of rotatable bonds is 10. The quantitative estimate of drug-likeness (QED) is 0.449. The van der Waals surface area contributed by atoms with E-state index >= 15 is 0 Å². The molecule has 0 aliphatic heterocycles. The molecule has 168 valence electrons. The molecular formula is C23H25N3O4S2. The minimum absolute atomic E-state index is 0.00327. The molecule has 0 saturated heterocycles. The number of amides is 2. The molecule has 32 heavy (non-hydrogen) atoms. The van der Waals surface area contributed by atoms with Gasteiger partial charge in [-0.2, -0.15) is 0 Å². The fourth-order valence-corrected chi connectivity index (χ4v) is 4.61. The summed E-state index contributed by atoms with van der Waals surface area (Å²) in [5.74, 6) is -1.23. The van der Waals surface area contributed by atoms with Gasteiger partial charge < -0.3 is 15.0 Å². The Balaban J connectivity index is 1.49. The third kappa shape index (κ3) is 6.73. The lowest BCUT2D eigenvalue weighted by molar-refractivity contribution is -0.151. The molecule has 1 aromatic carbocycles. The van der Waals surface area contributed by atoms with E-state index in [0.717, 1.165) is 15.4 Å². The van der Waals surface area contributed by atoms with Gasteiger partial charge in [-0.05, 0) is 36.4 Å². The highest BCUT2D eigenvalue weighted by atomic mass is 32.1. The fourth-order valence-electron chi connectivity index (χ4n) is 2.97. The van der Waals surface area contributed by atoms with Crippen LogP contribution in [0.2, 0.25) is 0 Å². The number of carbonyl (C=O) groups is 3. The Morgan fingerprint density at radius 3 is 2.66 bits per heavy atom. The number of thiophene rings is 1. The van der Waals surface area contributed by atoms with Crippen LogP contribution in [0.3, 0.4) is 0 Å². The Hall–Kier alpha value is -3.04. The Morgan fingerprint density at radius 2 is 1.94 bits per heavy atom. The molecule has 3 aromatic rings. The number of thiazole rings is 1. The maximum absolute atomic E-state index is 12.6. The molecule has 0 spiro atoms. The van der Waals surface area contributed by atoms with Crippen LogP contribution < -0.4 is 5.32 Å². The Labute approximate surface area is 195 Å². The molecule has 9 heteroatoms. The van der Waals surface area contributed by atoms with E-state index in [1.54, 1.807) is 11.3 Å². The second-order valence-electron chi connectivity index (χ2n) is 7.14. The van der Waals surface area contributed by atoms with E-state index in [2.05, 4.69) is 10.3 Å². The summed E-state index contributed by atoms with van der Waals surface area (Å²) in [5, 5.41) is 7.46. The molecule has 0 bridgehead atoms. The lowest BCUT2D eigenvalue weighted by Crippen LogP contribution is -2.41. The first-order valence-corrected chi connectivity index (χ1v) is 12.0. The number of anilines is 1. The molecule has 2 amide bonds. The Kier molecular flexibility index (Phi) is 8.52. The van der Waals surface area contributed by atoms with Crippen LogP contribution in [0.1, 0.15) is 24.6 Å². The Morgan fingerprint density at radius 1 is 1.12 bits per heavy atom. The van der Waals surface area contributed by atoms with Crippen molar-refractivity contribution < 1.29 is 19.1 Å². The minimum atomic E-state index is -0.526. The molecule has 0 atom stereocenters. The molecule has 0 saturated carbocycles. The second kappa shape index (κ2) is 11.5. The van der Waals surface area contributed by atoms with Crippen molar-refractivity contribution in [2.75, 3.05) is 25.0 Å². The van der Waals surface area contributed by atoms with Crippen LogP contribution >= 0.6 is 22.7 Å². The van der Waals surface area contributed by atoms with Gasteiger partial charge in [0.05, 0.1) is 23.5 Å². The van der Waals surface area contributed by atoms with Crippen molar-refractivity contribution in [1.82, 2.24) is 9.88 Å². The summed E-state index contributed by atoms with van der Waals surface area (Å²) in [7, 11) is 0. The van der Waals surface area contributed by atoms with Crippen molar-refractivity contribution in [3.05, 3.63) is 58.4 Å². The third-order valence-corrected chi connectivity index (χ3v) is 6.50. The highest BCUT2D eigenvalue weighted by Crippen LogP contribution is 2.27. The first-order chi connectivity index (χ1) is 15.5. The van der Waals surface area contributed by atoms with Crippen LogP contribution in [0, 0.1) is 6.92 Å². The number of benzene rings is 1. The van der Waals surface area contributed by atoms with Gasteiger partial charge in [0.2, 0.25) is 5.91 Å². The number of hydrogen-bond donors (Lipinski definition) is 1. The molecule has 7 nitrogen and oxygen atoms in total. The van der Waals surface area contributed by atoms with Crippen LogP contribution in [0.15, 0.2) is 47.2 Å². The number of hydrogen-bond acceptors (Lipinski definition) is 7. The van der Waals surface area contributed by atoms with Crippen LogP contribution in [-0.2, 0) is 25.5 Å². The number of para-hydroxylation sites is 1. The van der Waals surface area contributed by atoms with Crippen molar-refractivity contribution in [3.63, 3.8) is 0 Å². The number of nitrogens with one attached hydrogen (secondary N) is 1. The van der Waals surface area contributed by atoms with Gasteiger partial charge in [0.15, 0.2) is 6.61 Å². The van der Waals surface area contributed by atoms with E-state index in [4.69, 9.17) is 4.74 Å². The van der Waals surface area contributed by atoms with Gasteiger partial charge in [-0.3, -0.25) is 14.4 Å². The maximum Gasteiger partial charge on any atom is 0.312 e. The van der Waals surface area contributed by atoms with Gasteiger partial charge in [-0.15, -0.1) is 22.7 Å². The summed E-state index contributed by atoms with van der Waals surface area (Å²) in [4.78, 5) is 44.1. The van der Waals surface area contributed by atoms with E-state index in [1.807, 2.05) is 61.0 Å². The smallest absolute Gasteiger partial charge is 0.312 e. The van der Waals surface area contributed by atoms with E-state index in [1.165, 1.54) is 16.2 Å². The van der Waals surface area contributed by atoms with Gasteiger partial charge in [0, 0.05) is 17.6 Å². The van der Waals surface area contributed by atoms with Crippen LogP contribution in [0.5, 0.6) is 0 Å². The molecule has 0 aliphatic rings. The lowest BCUT2D eigenvalue weighted by Gasteiger charge is -2.21. The molecule has 3 rings (SSSR count). The van der Waals surface area contributed by atoms with Crippen molar-refractivity contribution in [3.8, 4) is 9.88 Å². The number of aryl methyl sites for hydroxylation is 1. The maximum atomic E-state index is 12.6. The summed E-state index contributed by atoms with van der Waals surface area (Å²) in [6, 6.07) is 11.4. The normalized spacial score (nSPS) is 10.6. The van der Waals surface area contributed by atoms with Gasteiger partial charge in [-0.25, -0.2) is 4.98 Å². The first kappa shape index (κ1) is 23.6. The number of aromatic nitrogens is 1. The van der Waals surface area contributed by atoms with E-state index < -0.39 is 18.5 Å². The summed E-state index contributed by atoms with van der Waals surface area (Å²) in [5.41, 5.74) is 2.25. The van der Waals surface area contributed by atoms with Gasteiger partial charge in [0.1, 0.15) is 5.01 Å². The minimum Gasteiger partial charge on any atom is -0.455 e. The fraction of sp³-hybridized carbons (Fsp3) is 0.304. The average Bonchev–Trinajstić information content (AvgIpc) is 3.45. The topological polar surface area (TPSA) is 88.6 Å². The van der Waals surface area contributed by atoms with Gasteiger partial charge >= 0.3 is 5.97 Å². The van der Waals surface area contributed by atoms with Crippen LogP contribution in [0.4, 0.5) is 5.69 Å². The highest BCUT2D eigenvalue weighted by molar-refractivity contribution is 7.20. The molecule has 1 N–H and O–H groups in total. The Bertz CT molecular complexity index is 1060. The van der Waals surface area contributed by atoms with Crippen molar-refractivity contribution in [2.45, 2.75) is 26.7 Å². The third-order valence-electron chi connectivity index (χ3n) is 4.57. The zero-order valence-corrected chi connectivity index (χ0v) is 19.6. The number of ether oxygens (including phenoxy) is 1. The average molecular weight is 472 g/mol. The van der Waals surface area contributed by atoms with Crippen molar-refractivity contribution in [2.24, 2.45) is 0 Å². The first-order valence-electron chi connectivity index (χ1n) is 10.2. The monoisotopic (exact) mass is 471 g/mol. The van der Waals surface area contributed by atoms with Crippen molar-refractivity contribution >= 4 is 46.1 Å². The lowest BCUT2D eigenvalue weighted by atomic mass is 10.2. The number of esters is 1. The molecule has 0 radical (unpaired) electrons. The predicted molar refractivity (Wildman–Crippen MR) is 127 cm³/mol. The van der Waals surface area contributed by atoms with E-state index in [0.29, 0.717) is 24.3 Å². The molecule has 0 aliphatic carbocycles. The molecule has 0 fully saturated rings. The van der Waals surface area contributed by atoms with Gasteiger partial charge in [-0.1, -0.05) is 31.2 Å². The van der Waals surface area contributed by atoms with Crippen molar-refractivity contribution in [1.29, 1.82) is 0 Å². The standard InChI is InChI=1S/C23H25N3O4S2/c1-3-10-26(13-20(27)25-18-8-5-4-7-16(18)2)21(28)14-30-22(29)12-17-15-32-23(24-17)19-9-6-11-31-19/h4-9,11,15H,3,10,12-14H2,1-2H3,(H,25,27). The number of carbonyl (C=O) groups excluding carboxylic acids is 3. The molecular weight excluding hydrogens is 446 g/mol. The molecule has 0 unspecified atom stereocenters. The van der Waals surface area contributed by atoms with Crippen LogP contribution in [-0.4, -0.2) is 47.4 Å². The highest BCUT2D eigenvalue weighted by Gasteiger charge is 2.19. The summed E-state index contributed by atoms with van der Waals surface area (Å²) in [6.07, 6.45) is 0.679. The predicted octanol–water partition coefficient (Wildman–Crippen LogP) is 4.14. The number of nitrogens with zero attached hydrogens (tertiary/aromatic N) is 2. The zero-order valence-electron chi connectivity index (χ0n) is 18.0. The largest absolute Gasteiger partial charge is 0.455 e. The molecule has 2 heterocycles. The SMILES string of the molecule is CCCN(CC(=O)Nc1ccccc1C)C(=O)COC(=O)Cc1csc(-c2cccs2)n1. The summed E-state index contributed by atoms with van der Waals surface area (Å²) < 4.78 is 5.16. The van der Waals surface area contributed by atoms with Gasteiger partial charge in [0.25, 0.3) is 5.91 Å². The van der Waals surface area contributed by atoms with Crippen LogP contribution in [0.25, 0.3) is 9.88 Å². The zero-order chi connectivity index (χ0) is 22.9. The second-order valence-corrected chi connectivity index (χ2v) is 8.94. The summed E-state index contributed by atoms with van der Waals surface area (Å²) in [6.45, 7) is 3.70. The van der Waals surface area contributed by atoms with E-state index in [-0.39, 0.29) is 18.9 Å².